The Kier molecular flexibility index (Phi) is 8.92. The number of benzene rings is 3. The number of aryl methyl sites for hydroxylation is 1. The monoisotopic (exact) mass is 570 g/mol. The number of ether oxygens (including phenoxy) is 2. The second kappa shape index (κ2) is 13.0. The Bertz CT molecular complexity index is 1460. The summed E-state index contributed by atoms with van der Waals surface area (Å²) in [5.41, 5.74) is 6.43. The molecule has 0 spiro atoms. The maximum Gasteiger partial charge on any atom is 0.123 e. The Morgan fingerprint density at radius 3 is 2.56 bits per heavy atom. The number of rotatable bonds is 11. The van der Waals surface area contributed by atoms with Gasteiger partial charge in [-0.25, -0.2) is 0 Å². The van der Waals surface area contributed by atoms with Gasteiger partial charge in [0, 0.05) is 34.3 Å². The fraction of sp³-hybridized carbons (Fsp3) is 0.429. The number of methoxy groups -OCH3 is 1. The Morgan fingerprint density at radius 1 is 0.951 bits per heavy atom. The first-order valence-corrected chi connectivity index (χ1v) is 15.9. The molecule has 2 saturated heterocycles. The SMILES string of the molecule is COc1cc(Cc2c(-c3ccc(OCCN4CCC[C@H]4CO)cc3)sc3cc(C)ccc23)ccc1CN1CCCC1. The van der Waals surface area contributed by atoms with Gasteiger partial charge in [-0.05, 0) is 123 Å². The van der Waals surface area contributed by atoms with E-state index in [1.165, 1.54) is 68.7 Å². The maximum atomic E-state index is 9.58. The van der Waals surface area contributed by atoms with E-state index >= 15 is 0 Å². The minimum absolute atomic E-state index is 0.237. The molecule has 6 rings (SSSR count). The van der Waals surface area contributed by atoms with Gasteiger partial charge in [0.25, 0.3) is 0 Å². The van der Waals surface area contributed by atoms with E-state index in [0.717, 1.165) is 50.4 Å². The molecule has 0 radical (unpaired) electrons. The first-order valence-electron chi connectivity index (χ1n) is 15.1. The van der Waals surface area contributed by atoms with Gasteiger partial charge in [-0.15, -0.1) is 11.3 Å². The lowest BCUT2D eigenvalue weighted by Crippen LogP contribution is -2.35. The molecular formula is C35H42N2O3S. The minimum atomic E-state index is 0.237. The lowest BCUT2D eigenvalue weighted by Gasteiger charge is -2.22. The highest BCUT2D eigenvalue weighted by molar-refractivity contribution is 7.22. The number of hydrogen-bond donors (Lipinski definition) is 1. The van der Waals surface area contributed by atoms with Crippen molar-refractivity contribution in [2.45, 2.75) is 51.6 Å². The van der Waals surface area contributed by atoms with Gasteiger partial charge in [0.1, 0.15) is 18.1 Å². The van der Waals surface area contributed by atoms with Crippen LogP contribution >= 0.6 is 11.3 Å². The summed E-state index contributed by atoms with van der Waals surface area (Å²) in [6.45, 7) is 8.27. The van der Waals surface area contributed by atoms with Gasteiger partial charge in [-0.2, -0.15) is 0 Å². The van der Waals surface area contributed by atoms with Crippen molar-refractivity contribution in [2.24, 2.45) is 0 Å². The lowest BCUT2D eigenvalue weighted by atomic mass is 9.97. The van der Waals surface area contributed by atoms with Gasteiger partial charge in [-0.1, -0.05) is 24.3 Å². The van der Waals surface area contributed by atoms with Gasteiger partial charge in [0.2, 0.25) is 0 Å². The van der Waals surface area contributed by atoms with E-state index < -0.39 is 0 Å². The highest BCUT2D eigenvalue weighted by Crippen LogP contribution is 2.41. The van der Waals surface area contributed by atoms with Crippen LogP contribution in [-0.2, 0) is 13.0 Å². The van der Waals surface area contributed by atoms with Crippen LogP contribution in [0.2, 0.25) is 0 Å². The van der Waals surface area contributed by atoms with Crippen molar-refractivity contribution in [3.63, 3.8) is 0 Å². The van der Waals surface area contributed by atoms with E-state index in [1.807, 2.05) is 11.3 Å². The van der Waals surface area contributed by atoms with E-state index in [9.17, 15) is 5.11 Å². The molecule has 0 aliphatic carbocycles. The third-order valence-corrected chi connectivity index (χ3v) is 9.99. The highest BCUT2D eigenvalue weighted by atomic mass is 32.1. The molecule has 0 amide bonds. The molecule has 41 heavy (non-hydrogen) atoms. The zero-order valence-electron chi connectivity index (χ0n) is 24.4. The quantitative estimate of drug-likeness (QED) is 0.212. The molecule has 5 nitrogen and oxygen atoms in total. The van der Waals surface area contributed by atoms with Crippen LogP contribution in [0.25, 0.3) is 20.5 Å². The molecule has 1 aromatic heterocycles. The van der Waals surface area contributed by atoms with Gasteiger partial charge < -0.3 is 14.6 Å². The number of hydrogen-bond acceptors (Lipinski definition) is 6. The summed E-state index contributed by atoms with van der Waals surface area (Å²) in [7, 11) is 1.79. The van der Waals surface area contributed by atoms with Gasteiger partial charge in [0.05, 0.1) is 13.7 Å². The van der Waals surface area contributed by atoms with Crippen LogP contribution in [0, 0.1) is 6.92 Å². The standard InChI is InChI=1S/C35H42N2O3S/c1-25-7-14-31-32(21-26-8-9-28(33(22-26)39-2)23-36-15-3-4-16-36)35(41-34(31)20-25)27-10-12-30(13-11-27)40-19-18-37-17-5-6-29(37)24-38/h7-14,20,22,29,38H,3-6,15-19,21,23-24H2,1-2H3/t29-/m0/s1. The molecular weight excluding hydrogens is 528 g/mol. The number of thiophene rings is 1. The number of likely N-dealkylation sites (tertiary alicyclic amines) is 2. The molecule has 4 aromatic rings. The number of nitrogens with zero attached hydrogens (tertiary/aromatic N) is 2. The second-order valence-corrected chi connectivity index (χ2v) is 12.7. The Morgan fingerprint density at radius 2 is 1.78 bits per heavy atom. The van der Waals surface area contributed by atoms with Crippen LogP contribution in [0.15, 0.2) is 60.7 Å². The molecule has 3 heterocycles. The Labute approximate surface area is 248 Å². The molecule has 2 fully saturated rings. The van der Waals surface area contributed by atoms with Crippen molar-refractivity contribution in [3.8, 4) is 21.9 Å². The van der Waals surface area contributed by atoms with Crippen LogP contribution in [0.4, 0.5) is 0 Å². The molecule has 1 atom stereocenters. The maximum absolute atomic E-state index is 9.58. The molecule has 0 unspecified atom stereocenters. The predicted molar refractivity (Wildman–Crippen MR) is 169 cm³/mol. The molecule has 0 saturated carbocycles. The molecule has 2 aliphatic rings. The van der Waals surface area contributed by atoms with E-state index in [-0.39, 0.29) is 12.6 Å². The average molecular weight is 571 g/mol. The van der Waals surface area contributed by atoms with E-state index in [4.69, 9.17) is 9.47 Å². The van der Waals surface area contributed by atoms with Gasteiger partial charge in [-0.3, -0.25) is 9.80 Å². The Balaban J connectivity index is 1.22. The third-order valence-electron chi connectivity index (χ3n) is 8.75. The van der Waals surface area contributed by atoms with Crippen LogP contribution in [0.3, 0.4) is 0 Å². The van der Waals surface area contributed by atoms with Crippen molar-refractivity contribution < 1.29 is 14.6 Å². The van der Waals surface area contributed by atoms with Crippen molar-refractivity contribution >= 4 is 21.4 Å². The summed E-state index contributed by atoms with van der Waals surface area (Å²) >= 11 is 1.88. The van der Waals surface area contributed by atoms with Crippen molar-refractivity contribution in [1.29, 1.82) is 0 Å². The first-order chi connectivity index (χ1) is 20.1. The second-order valence-electron chi connectivity index (χ2n) is 11.6. The topological polar surface area (TPSA) is 45.2 Å². The normalized spacial score (nSPS) is 18.0. The van der Waals surface area contributed by atoms with Crippen molar-refractivity contribution in [3.05, 3.63) is 82.9 Å². The van der Waals surface area contributed by atoms with Crippen molar-refractivity contribution in [2.75, 3.05) is 46.5 Å². The summed E-state index contributed by atoms with van der Waals surface area (Å²) in [5, 5.41) is 10.9. The van der Waals surface area contributed by atoms with E-state index in [0.29, 0.717) is 6.61 Å². The highest BCUT2D eigenvalue weighted by Gasteiger charge is 2.23. The van der Waals surface area contributed by atoms with E-state index in [2.05, 4.69) is 77.4 Å². The van der Waals surface area contributed by atoms with Crippen LogP contribution in [-0.4, -0.2) is 67.5 Å². The fourth-order valence-corrected chi connectivity index (χ4v) is 7.79. The van der Waals surface area contributed by atoms with E-state index in [1.54, 1.807) is 7.11 Å². The summed E-state index contributed by atoms with van der Waals surface area (Å²) in [6, 6.07) is 22.5. The summed E-state index contributed by atoms with van der Waals surface area (Å²) in [4.78, 5) is 6.18. The molecule has 216 valence electrons. The molecule has 1 N–H and O–H groups in total. The number of aliphatic hydroxyl groups excluding tert-OH is 1. The minimum Gasteiger partial charge on any atom is -0.496 e. The van der Waals surface area contributed by atoms with Crippen LogP contribution < -0.4 is 9.47 Å². The van der Waals surface area contributed by atoms with Gasteiger partial charge >= 0.3 is 0 Å². The molecule has 0 bridgehead atoms. The smallest absolute Gasteiger partial charge is 0.123 e. The first kappa shape index (κ1) is 28.2. The number of fused-ring (bicyclic) bond motifs is 1. The van der Waals surface area contributed by atoms with Crippen molar-refractivity contribution in [1.82, 2.24) is 9.80 Å². The zero-order chi connectivity index (χ0) is 28.2. The van der Waals surface area contributed by atoms with Crippen LogP contribution in [0.1, 0.15) is 47.9 Å². The summed E-state index contributed by atoms with van der Waals surface area (Å²) in [6.07, 6.45) is 5.69. The van der Waals surface area contributed by atoms with Gasteiger partial charge in [0.15, 0.2) is 0 Å². The summed E-state index contributed by atoms with van der Waals surface area (Å²) in [5.74, 6) is 1.89. The summed E-state index contributed by atoms with van der Waals surface area (Å²) < 4.78 is 13.3. The van der Waals surface area contributed by atoms with Crippen LogP contribution in [0.5, 0.6) is 11.5 Å². The average Bonchev–Trinajstić information content (AvgIpc) is 3.75. The molecule has 6 heteroatoms. The zero-order valence-corrected chi connectivity index (χ0v) is 25.2. The number of aliphatic hydroxyl groups is 1. The predicted octanol–water partition coefficient (Wildman–Crippen LogP) is 6.91. The molecule has 3 aromatic carbocycles. The fourth-order valence-electron chi connectivity index (χ4n) is 6.46. The largest absolute Gasteiger partial charge is 0.496 e. The lowest BCUT2D eigenvalue weighted by molar-refractivity contribution is 0.139. The third kappa shape index (κ3) is 6.46. The Hall–Kier alpha value is -2.90. The molecule has 2 aliphatic heterocycles.